The van der Waals surface area contributed by atoms with Gasteiger partial charge in [0.2, 0.25) is 15.9 Å². The maximum Gasteiger partial charge on any atom is 0.245 e. The van der Waals surface area contributed by atoms with E-state index < -0.39 is 16.1 Å². The molecule has 1 aliphatic rings. The third-order valence-electron chi connectivity index (χ3n) is 5.97. The molecule has 0 spiro atoms. The van der Waals surface area contributed by atoms with Crippen molar-refractivity contribution in [1.82, 2.24) is 18.4 Å². The van der Waals surface area contributed by atoms with Gasteiger partial charge in [0.1, 0.15) is 27.8 Å². The molecule has 1 aromatic heterocycles. The number of rotatable bonds is 6. The lowest BCUT2D eigenvalue weighted by Crippen LogP contribution is -2.52. The zero-order chi connectivity index (χ0) is 24.4. The summed E-state index contributed by atoms with van der Waals surface area (Å²) in [6.45, 7) is 1.92. The third kappa shape index (κ3) is 4.88. The second-order valence-electron chi connectivity index (χ2n) is 8.14. The Labute approximate surface area is 206 Å². The third-order valence-corrected chi connectivity index (χ3v) is 7.97. The van der Waals surface area contributed by atoms with E-state index in [1.54, 1.807) is 53.4 Å². The van der Waals surface area contributed by atoms with E-state index in [4.69, 9.17) is 0 Å². The average molecular weight is 512 g/mol. The SMILES string of the molecule is O=C([C@@H](NS(=O)(=O)c1cccc2nsnc12)c1ccccc1)N1CCN(c2ccc(F)cc2)CC1. The number of amides is 1. The number of fused-ring (bicyclic) bond motifs is 1. The molecule has 5 rings (SSSR count). The van der Waals surface area contributed by atoms with Crippen LogP contribution in [0.4, 0.5) is 10.1 Å². The van der Waals surface area contributed by atoms with E-state index in [-0.39, 0.29) is 22.1 Å². The van der Waals surface area contributed by atoms with Crippen molar-refractivity contribution in [2.24, 2.45) is 0 Å². The summed E-state index contributed by atoms with van der Waals surface area (Å²) >= 11 is 0.934. The molecule has 35 heavy (non-hydrogen) atoms. The summed E-state index contributed by atoms with van der Waals surface area (Å²) in [6, 6.07) is 18.7. The van der Waals surface area contributed by atoms with Gasteiger partial charge in [-0.2, -0.15) is 13.5 Å². The number of sulfonamides is 1. The van der Waals surface area contributed by atoms with Crippen molar-refractivity contribution in [3.63, 3.8) is 0 Å². The lowest BCUT2D eigenvalue weighted by molar-refractivity contribution is -0.133. The van der Waals surface area contributed by atoms with Crippen LogP contribution in [0, 0.1) is 5.82 Å². The van der Waals surface area contributed by atoms with Crippen LogP contribution in [0.25, 0.3) is 11.0 Å². The van der Waals surface area contributed by atoms with Gasteiger partial charge in [-0.3, -0.25) is 4.79 Å². The fraction of sp³-hybridized carbons (Fsp3) is 0.208. The summed E-state index contributed by atoms with van der Waals surface area (Å²) in [6.07, 6.45) is 0. The summed E-state index contributed by atoms with van der Waals surface area (Å²) in [4.78, 5) is 17.3. The van der Waals surface area contributed by atoms with E-state index in [1.165, 1.54) is 18.2 Å². The van der Waals surface area contributed by atoms with Gasteiger partial charge in [0.25, 0.3) is 0 Å². The molecule has 0 radical (unpaired) electrons. The van der Waals surface area contributed by atoms with Crippen molar-refractivity contribution >= 4 is 44.4 Å². The molecule has 1 aliphatic heterocycles. The number of benzene rings is 3. The van der Waals surface area contributed by atoms with Crippen molar-refractivity contribution < 1.29 is 17.6 Å². The molecule has 11 heteroatoms. The van der Waals surface area contributed by atoms with Gasteiger partial charge < -0.3 is 9.80 Å². The summed E-state index contributed by atoms with van der Waals surface area (Å²) in [7, 11) is -4.08. The van der Waals surface area contributed by atoms with Gasteiger partial charge in [-0.25, -0.2) is 12.8 Å². The highest BCUT2D eigenvalue weighted by atomic mass is 32.2. The van der Waals surface area contributed by atoms with Gasteiger partial charge in [-0.15, -0.1) is 0 Å². The molecule has 3 aromatic carbocycles. The Morgan fingerprint density at radius 2 is 1.63 bits per heavy atom. The predicted octanol–water partition coefficient (Wildman–Crippen LogP) is 3.20. The van der Waals surface area contributed by atoms with Crippen LogP contribution in [-0.2, 0) is 14.8 Å². The molecule has 1 amide bonds. The van der Waals surface area contributed by atoms with Crippen LogP contribution in [0.15, 0.2) is 77.7 Å². The minimum atomic E-state index is -4.08. The van der Waals surface area contributed by atoms with Crippen LogP contribution in [0.2, 0.25) is 0 Å². The van der Waals surface area contributed by atoms with E-state index in [2.05, 4.69) is 18.4 Å². The normalized spacial score (nSPS) is 15.3. The molecule has 180 valence electrons. The van der Waals surface area contributed by atoms with Gasteiger partial charge in [-0.05, 0) is 42.0 Å². The Kier molecular flexibility index (Phi) is 6.46. The Morgan fingerprint density at radius 3 is 2.34 bits per heavy atom. The van der Waals surface area contributed by atoms with Gasteiger partial charge in [-0.1, -0.05) is 36.4 Å². The highest BCUT2D eigenvalue weighted by Crippen LogP contribution is 2.25. The van der Waals surface area contributed by atoms with Crippen LogP contribution in [-0.4, -0.2) is 54.2 Å². The number of piperazine rings is 1. The first-order chi connectivity index (χ1) is 16.9. The Bertz CT molecular complexity index is 1440. The van der Waals surface area contributed by atoms with Gasteiger partial charge in [0.15, 0.2) is 0 Å². The molecule has 1 saturated heterocycles. The summed E-state index contributed by atoms with van der Waals surface area (Å²) in [5, 5.41) is 0. The lowest BCUT2D eigenvalue weighted by atomic mass is 10.1. The largest absolute Gasteiger partial charge is 0.368 e. The topological polar surface area (TPSA) is 95.5 Å². The fourth-order valence-corrected chi connectivity index (χ4v) is 6.09. The van der Waals surface area contributed by atoms with E-state index in [0.29, 0.717) is 37.3 Å². The van der Waals surface area contributed by atoms with Crippen molar-refractivity contribution in [3.05, 3.63) is 84.2 Å². The number of nitrogens with zero attached hydrogens (tertiary/aromatic N) is 4. The second-order valence-corrected chi connectivity index (χ2v) is 10.4. The monoisotopic (exact) mass is 511 g/mol. The first-order valence-electron chi connectivity index (χ1n) is 11.0. The van der Waals surface area contributed by atoms with Crippen molar-refractivity contribution in [1.29, 1.82) is 0 Å². The molecule has 1 fully saturated rings. The molecule has 0 saturated carbocycles. The minimum Gasteiger partial charge on any atom is -0.368 e. The number of carbonyl (C=O) groups is 1. The number of nitrogens with one attached hydrogen (secondary N) is 1. The molecule has 4 aromatic rings. The van der Waals surface area contributed by atoms with Crippen molar-refractivity contribution in [3.8, 4) is 0 Å². The van der Waals surface area contributed by atoms with Crippen molar-refractivity contribution in [2.75, 3.05) is 31.1 Å². The van der Waals surface area contributed by atoms with Crippen LogP contribution in [0.3, 0.4) is 0 Å². The Balaban J connectivity index is 1.38. The summed E-state index contributed by atoms with van der Waals surface area (Å²) < 4.78 is 50.9. The van der Waals surface area contributed by atoms with E-state index >= 15 is 0 Å². The van der Waals surface area contributed by atoms with Crippen molar-refractivity contribution in [2.45, 2.75) is 10.9 Å². The number of carbonyl (C=O) groups excluding carboxylic acids is 1. The highest BCUT2D eigenvalue weighted by Gasteiger charge is 2.33. The minimum absolute atomic E-state index is 0.0152. The van der Waals surface area contributed by atoms with E-state index in [1.807, 2.05) is 6.07 Å². The lowest BCUT2D eigenvalue weighted by Gasteiger charge is -2.37. The molecule has 1 N–H and O–H groups in total. The number of aromatic nitrogens is 2. The van der Waals surface area contributed by atoms with E-state index in [9.17, 15) is 17.6 Å². The van der Waals surface area contributed by atoms with Crippen LogP contribution in [0.5, 0.6) is 0 Å². The first-order valence-corrected chi connectivity index (χ1v) is 13.2. The zero-order valence-electron chi connectivity index (χ0n) is 18.5. The zero-order valence-corrected chi connectivity index (χ0v) is 20.2. The smallest absolute Gasteiger partial charge is 0.245 e. The molecular weight excluding hydrogens is 489 g/mol. The number of anilines is 1. The quantitative estimate of drug-likeness (QED) is 0.427. The molecule has 1 atom stereocenters. The summed E-state index contributed by atoms with van der Waals surface area (Å²) in [5.41, 5.74) is 2.18. The van der Waals surface area contributed by atoms with Crippen LogP contribution in [0.1, 0.15) is 11.6 Å². The molecule has 0 aliphatic carbocycles. The number of hydrogen-bond donors (Lipinski definition) is 1. The standard InChI is InChI=1S/C24H22FN5O3S2/c25-18-9-11-19(12-10-18)29-13-15-30(16-14-29)24(31)22(17-5-2-1-3-6-17)28-35(32,33)21-8-4-7-20-23(21)27-34-26-20/h1-12,22,28H,13-16H2/t22-/m0/s1. The molecular formula is C24H22FN5O3S2. The number of hydrogen-bond acceptors (Lipinski definition) is 7. The van der Waals surface area contributed by atoms with Crippen LogP contribution >= 0.6 is 11.7 Å². The predicted molar refractivity (Wildman–Crippen MR) is 132 cm³/mol. The van der Waals surface area contributed by atoms with Gasteiger partial charge in [0.05, 0.1) is 11.7 Å². The Hall–Kier alpha value is -3.41. The van der Waals surface area contributed by atoms with E-state index in [0.717, 1.165) is 17.4 Å². The first kappa shape index (κ1) is 23.3. The summed E-state index contributed by atoms with van der Waals surface area (Å²) in [5.74, 6) is -0.633. The molecule has 0 bridgehead atoms. The fourth-order valence-electron chi connectivity index (χ4n) is 4.14. The van der Waals surface area contributed by atoms with Gasteiger partial charge >= 0.3 is 0 Å². The Morgan fingerprint density at radius 1 is 0.914 bits per heavy atom. The van der Waals surface area contributed by atoms with Gasteiger partial charge in [0, 0.05) is 31.9 Å². The molecule has 2 heterocycles. The highest BCUT2D eigenvalue weighted by molar-refractivity contribution is 7.89. The average Bonchev–Trinajstić information content (AvgIpc) is 3.37. The molecule has 0 unspecified atom stereocenters. The maximum absolute atomic E-state index is 13.6. The van der Waals surface area contributed by atoms with Crippen LogP contribution < -0.4 is 9.62 Å². The number of halogens is 1. The second kappa shape index (κ2) is 9.68. The molecule has 8 nitrogen and oxygen atoms in total. The maximum atomic E-state index is 13.6.